The van der Waals surface area contributed by atoms with Crippen LogP contribution in [0.25, 0.3) is 0 Å². The summed E-state index contributed by atoms with van der Waals surface area (Å²) in [5.74, 6) is 0. The molecule has 0 aromatic heterocycles. The summed E-state index contributed by atoms with van der Waals surface area (Å²) < 4.78 is 1.61. The maximum atomic E-state index is 2.75. The molecule has 2 aromatic rings. The number of benzene rings is 2. The molecule has 4 aliphatic rings. The minimum atomic E-state index is -2.42. The first-order valence-corrected chi connectivity index (χ1v) is 27.5. The summed E-state index contributed by atoms with van der Waals surface area (Å²) in [7, 11) is 0. The molecule has 2 unspecified atom stereocenters. The van der Waals surface area contributed by atoms with Crippen LogP contribution in [0.4, 0.5) is 0 Å². The zero-order chi connectivity index (χ0) is 27.3. The quantitative estimate of drug-likeness (QED) is 0.324. The van der Waals surface area contributed by atoms with E-state index < -0.39 is 25.6 Å². The number of hydrogen-bond donors (Lipinski definition) is 0. The van der Waals surface area contributed by atoms with Crippen molar-refractivity contribution in [3.05, 3.63) is 106 Å². The molecule has 2 aromatic carbocycles. The normalized spacial score (nSPS) is 20.4. The van der Waals surface area contributed by atoms with E-state index >= 15 is 0 Å². The van der Waals surface area contributed by atoms with Crippen molar-refractivity contribution >= 4 is 15.9 Å². The SMILES string of the molecule is CCCCc1ccc([Si](c2ccc(CCCC)cc2)=[Hf+2]([CH]2C=CC3=C2CCCC3)[CH]2C=CC3=C2CCCC3)cc1.[Cl-].[Cl-]. The standard InChI is InChI=1S/C20H26Si.2C9H11.2ClH.Hf/c1-3-5-7-17-9-13-19(14-10-17)21-20-15-11-18(12-16-20)8-6-4-2;2*1-2-5-9-7-3-6-8(9)4-1;;;/h9-16H,3-8H2,1-2H3;2*3,6-7H,1-2,4-5H2;2*1H;/q;;;;;+2/p-2. The van der Waals surface area contributed by atoms with Gasteiger partial charge < -0.3 is 24.8 Å². The Labute approximate surface area is 276 Å². The van der Waals surface area contributed by atoms with Crippen molar-refractivity contribution < 1.29 is 44.9 Å². The van der Waals surface area contributed by atoms with Gasteiger partial charge in [0.2, 0.25) is 0 Å². The van der Waals surface area contributed by atoms with Gasteiger partial charge in [0.25, 0.3) is 0 Å². The zero-order valence-corrected chi connectivity index (χ0v) is 31.8. The van der Waals surface area contributed by atoms with Crippen molar-refractivity contribution in [1.82, 2.24) is 0 Å². The Bertz CT molecular complexity index is 1260. The van der Waals surface area contributed by atoms with Gasteiger partial charge in [-0.3, -0.25) is 0 Å². The summed E-state index contributed by atoms with van der Waals surface area (Å²) >= 11 is -2.42. The number of hydrogen-bond acceptors (Lipinski definition) is 0. The molecule has 42 heavy (non-hydrogen) atoms. The molecule has 0 N–H and O–H groups in total. The molecule has 0 heterocycles. The molecular formula is C38H48Cl2HfSi. The van der Waals surface area contributed by atoms with Crippen LogP contribution in [0.1, 0.15) is 102 Å². The van der Waals surface area contributed by atoms with E-state index in [1.165, 1.54) is 101 Å². The third kappa shape index (κ3) is 7.47. The number of rotatable bonds is 10. The monoisotopic (exact) mass is 782 g/mol. The van der Waals surface area contributed by atoms with Crippen LogP contribution in [0.3, 0.4) is 0 Å². The van der Waals surface area contributed by atoms with Gasteiger partial charge in [-0.2, -0.15) is 0 Å². The smallest absolute Gasteiger partial charge is 1.00 e. The first-order chi connectivity index (χ1) is 19.8. The molecule has 222 valence electrons. The maximum Gasteiger partial charge on any atom is -1.00 e. The van der Waals surface area contributed by atoms with E-state index in [0.717, 1.165) is 7.35 Å². The molecule has 6 rings (SSSR count). The Kier molecular flexibility index (Phi) is 13.3. The van der Waals surface area contributed by atoms with E-state index in [0.29, 0.717) is 0 Å². The van der Waals surface area contributed by atoms with Gasteiger partial charge in [0, 0.05) is 0 Å². The van der Waals surface area contributed by atoms with Crippen LogP contribution < -0.4 is 35.2 Å². The number of aryl methyl sites for hydroxylation is 2. The van der Waals surface area contributed by atoms with Crippen LogP contribution in [-0.2, 0) is 32.9 Å². The Morgan fingerprint density at radius 3 is 1.40 bits per heavy atom. The van der Waals surface area contributed by atoms with Gasteiger partial charge in [-0.15, -0.1) is 0 Å². The van der Waals surface area contributed by atoms with E-state index in [4.69, 9.17) is 0 Å². The minimum Gasteiger partial charge on any atom is -1.00 e. The molecule has 0 saturated heterocycles. The Morgan fingerprint density at radius 2 is 1.00 bits per heavy atom. The topological polar surface area (TPSA) is 0 Å². The van der Waals surface area contributed by atoms with E-state index in [1.54, 1.807) is 21.5 Å². The van der Waals surface area contributed by atoms with Crippen molar-refractivity contribution in [3.63, 3.8) is 0 Å². The first-order valence-electron chi connectivity index (χ1n) is 16.5. The molecule has 0 nitrogen and oxygen atoms in total. The summed E-state index contributed by atoms with van der Waals surface area (Å²) in [5, 5.41) is 3.43. The Balaban J connectivity index is 0.00000202. The number of halogens is 2. The zero-order valence-electron chi connectivity index (χ0n) is 25.7. The first kappa shape index (κ1) is 34.0. The summed E-state index contributed by atoms with van der Waals surface area (Å²) in [6, 6.07) is 20.4. The van der Waals surface area contributed by atoms with Gasteiger partial charge in [0.05, 0.1) is 0 Å². The molecule has 0 amide bonds. The molecular weight excluding hydrogens is 734 g/mol. The van der Waals surface area contributed by atoms with Crippen molar-refractivity contribution in [2.24, 2.45) is 0 Å². The molecule has 0 radical (unpaired) electrons. The van der Waals surface area contributed by atoms with Gasteiger partial charge in [0.15, 0.2) is 0 Å². The fourth-order valence-electron chi connectivity index (χ4n) is 7.68. The van der Waals surface area contributed by atoms with Gasteiger partial charge in [-0.25, -0.2) is 0 Å². The summed E-state index contributed by atoms with van der Waals surface area (Å²) in [6.07, 6.45) is 29.3. The molecule has 0 fully saturated rings. The predicted octanol–water partition coefficient (Wildman–Crippen LogP) is 3.56. The van der Waals surface area contributed by atoms with Crippen molar-refractivity contribution in [1.29, 1.82) is 0 Å². The molecule has 4 aliphatic carbocycles. The van der Waals surface area contributed by atoms with Crippen LogP contribution in [-0.4, -0.2) is 5.49 Å². The Morgan fingerprint density at radius 1 is 0.595 bits per heavy atom. The molecule has 0 spiro atoms. The van der Waals surface area contributed by atoms with Gasteiger partial charge >= 0.3 is 253 Å². The summed E-state index contributed by atoms with van der Waals surface area (Å²) in [6.45, 7) is 4.62. The molecule has 0 aliphatic heterocycles. The van der Waals surface area contributed by atoms with Gasteiger partial charge in [-0.1, -0.05) is 0 Å². The largest absolute Gasteiger partial charge is 1.00 e. The second kappa shape index (κ2) is 16.4. The van der Waals surface area contributed by atoms with E-state index in [-0.39, 0.29) is 24.8 Å². The third-order valence-electron chi connectivity index (χ3n) is 9.92. The summed E-state index contributed by atoms with van der Waals surface area (Å²) in [4.78, 5) is 0. The fourth-order valence-corrected chi connectivity index (χ4v) is 40.8. The molecule has 2 atom stereocenters. The van der Waals surface area contributed by atoms with Crippen molar-refractivity contribution in [2.45, 2.75) is 111 Å². The molecule has 4 heteroatoms. The fraction of sp³-hybridized carbons (Fsp3) is 0.474. The van der Waals surface area contributed by atoms with Crippen LogP contribution in [0.2, 0.25) is 7.35 Å². The van der Waals surface area contributed by atoms with Crippen molar-refractivity contribution in [3.8, 4) is 0 Å². The van der Waals surface area contributed by atoms with Gasteiger partial charge in [-0.05, 0) is 0 Å². The average Bonchev–Trinajstić information content (AvgIpc) is 3.63. The van der Waals surface area contributed by atoms with Crippen LogP contribution in [0.15, 0.2) is 95.1 Å². The predicted molar refractivity (Wildman–Crippen MR) is 172 cm³/mol. The molecule has 0 saturated carbocycles. The van der Waals surface area contributed by atoms with E-state index in [2.05, 4.69) is 86.7 Å². The van der Waals surface area contributed by atoms with Crippen molar-refractivity contribution in [2.75, 3.05) is 0 Å². The Hall–Kier alpha value is -0.933. The van der Waals surface area contributed by atoms with Gasteiger partial charge in [0.1, 0.15) is 0 Å². The van der Waals surface area contributed by atoms with Crippen LogP contribution in [0.5, 0.6) is 0 Å². The maximum absolute atomic E-state index is 2.75. The summed E-state index contributed by atoms with van der Waals surface area (Å²) in [5.41, 5.74) is 9.51. The second-order valence-electron chi connectivity index (χ2n) is 12.6. The van der Waals surface area contributed by atoms with Crippen LogP contribution in [0, 0.1) is 0 Å². The number of allylic oxidation sites excluding steroid dienone is 8. The third-order valence-corrected chi connectivity index (χ3v) is 38.6. The van der Waals surface area contributed by atoms with Crippen LogP contribution >= 0.6 is 0 Å². The van der Waals surface area contributed by atoms with E-state index in [9.17, 15) is 0 Å². The number of unbranched alkanes of at least 4 members (excludes halogenated alkanes) is 2. The minimum absolute atomic E-state index is 0. The average molecular weight is 782 g/mol. The van der Waals surface area contributed by atoms with E-state index in [1.807, 2.05) is 11.1 Å². The molecule has 0 bridgehead atoms. The second-order valence-corrected chi connectivity index (χ2v) is 32.4.